The van der Waals surface area contributed by atoms with Gasteiger partial charge >= 0.3 is 0 Å². The first-order chi connectivity index (χ1) is 16.5. The number of halogens is 1. The Labute approximate surface area is 204 Å². The van der Waals surface area contributed by atoms with Crippen LogP contribution in [-0.4, -0.2) is 77.0 Å². The molecule has 0 spiro atoms. The van der Waals surface area contributed by atoms with Crippen molar-refractivity contribution in [1.29, 1.82) is 0 Å². The van der Waals surface area contributed by atoms with Gasteiger partial charge < -0.3 is 24.8 Å². The lowest BCUT2D eigenvalue weighted by Crippen LogP contribution is -2.30. The molecule has 1 fully saturated rings. The van der Waals surface area contributed by atoms with Gasteiger partial charge in [-0.05, 0) is 44.6 Å². The summed E-state index contributed by atoms with van der Waals surface area (Å²) in [5.41, 5.74) is 1.42. The number of likely N-dealkylation sites (N-methyl/N-ethyl adjacent to an activating group) is 1. The molecule has 8 nitrogen and oxygen atoms in total. The molecule has 1 amide bonds. The summed E-state index contributed by atoms with van der Waals surface area (Å²) >= 11 is 6.09. The Balaban J connectivity index is 1.37. The van der Waals surface area contributed by atoms with E-state index < -0.39 is 0 Å². The number of likely N-dealkylation sites (tertiary alicyclic amines) is 1. The number of ether oxygens (including phenoxy) is 1. The summed E-state index contributed by atoms with van der Waals surface area (Å²) in [4.78, 5) is 28.2. The number of nitrogens with one attached hydrogen (secondary N) is 2. The number of benzene rings is 1. The molecular weight excluding hydrogens is 452 g/mol. The van der Waals surface area contributed by atoms with Gasteiger partial charge in [-0.15, -0.1) is 0 Å². The van der Waals surface area contributed by atoms with Crippen molar-refractivity contribution in [2.45, 2.75) is 12.5 Å². The number of para-hydroxylation sites is 1. The second-order valence-electron chi connectivity index (χ2n) is 8.27. The van der Waals surface area contributed by atoms with Crippen LogP contribution in [0.5, 0.6) is 5.75 Å². The van der Waals surface area contributed by atoms with Crippen LogP contribution in [0.1, 0.15) is 12.1 Å². The monoisotopic (exact) mass is 478 g/mol. The highest BCUT2D eigenvalue weighted by atomic mass is 35.5. The molecule has 4 rings (SSSR count). The fourth-order valence-electron chi connectivity index (χ4n) is 3.67. The number of aromatic amines is 1. The zero-order valence-electron chi connectivity index (χ0n) is 19.2. The van der Waals surface area contributed by atoms with Crippen molar-refractivity contribution in [3.8, 4) is 17.6 Å². The van der Waals surface area contributed by atoms with Crippen molar-refractivity contribution >= 4 is 34.4 Å². The molecule has 1 saturated heterocycles. The molecular formula is C25H27ClN6O2. The summed E-state index contributed by atoms with van der Waals surface area (Å²) < 4.78 is 5.61. The SMILES string of the molecule is CN(C)CC=CC(=O)N1CCC(Nc2ncnc3[nH]c(C#CCOc4ccccc4Cl)cc23)C1. The van der Waals surface area contributed by atoms with Crippen LogP contribution in [-0.2, 0) is 4.79 Å². The van der Waals surface area contributed by atoms with Crippen LogP contribution in [0.3, 0.4) is 0 Å². The maximum atomic E-state index is 12.4. The molecule has 0 aliphatic carbocycles. The van der Waals surface area contributed by atoms with Crippen LogP contribution in [0.15, 0.2) is 48.8 Å². The predicted molar refractivity (Wildman–Crippen MR) is 134 cm³/mol. The van der Waals surface area contributed by atoms with Crippen molar-refractivity contribution < 1.29 is 9.53 Å². The smallest absolute Gasteiger partial charge is 0.246 e. The van der Waals surface area contributed by atoms with Crippen molar-refractivity contribution in [2.75, 3.05) is 45.7 Å². The topological polar surface area (TPSA) is 86.4 Å². The Morgan fingerprint density at radius 2 is 2.24 bits per heavy atom. The van der Waals surface area contributed by atoms with Crippen molar-refractivity contribution in [3.63, 3.8) is 0 Å². The summed E-state index contributed by atoms with van der Waals surface area (Å²) in [6.07, 6.45) is 5.91. The summed E-state index contributed by atoms with van der Waals surface area (Å²) in [6, 6.07) is 9.33. The van der Waals surface area contributed by atoms with Crippen LogP contribution >= 0.6 is 11.6 Å². The van der Waals surface area contributed by atoms with E-state index in [9.17, 15) is 4.79 Å². The normalized spacial score (nSPS) is 15.6. The highest BCUT2D eigenvalue weighted by Crippen LogP contribution is 2.24. The summed E-state index contributed by atoms with van der Waals surface area (Å²) in [5, 5.41) is 4.88. The van der Waals surface area contributed by atoms with E-state index in [1.54, 1.807) is 18.2 Å². The number of hydrogen-bond donors (Lipinski definition) is 2. The molecule has 3 heterocycles. The molecule has 0 saturated carbocycles. The largest absolute Gasteiger partial charge is 0.479 e. The van der Waals surface area contributed by atoms with E-state index in [4.69, 9.17) is 16.3 Å². The molecule has 1 aliphatic rings. The van der Waals surface area contributed by atoms with Crippen LogP contribution < -0.4 is 10.1 Å². The third kappa shape index (κ3) is 6.07. The van der Waals surface area contributed by atoms with E-state index in [0.717, 1.165) is 29.9 Å². The molecule has 1 aromatic carbocycles. The number of nitrogens with zero attached hydrogens (tertiary/aromatic N) is 4. The Bertz CT molecular complexity index is 1240. The van der Waals surface area contributed by atoms with E-state index in [2.05, 4.69) is 32.1 Å². The standard InChI is InChI=1S/C25H27ClN6O2/c1-31(2)12-5-10-23(33)32-13-11-19(16-32)30-25-20-15-18(29-24(20)27-17-28-25)7-6-14-34-22-9-4-3-8-21(22)26/h3-5,8-10,15,17,19H,11-14,16H2,1-2H3,(H2,27,28,29,30). The predicted octanol–water partition coefficient (Wildman–Crippen LogP) is 3.17. The minimum atomic E-state index is 0.0391. The maximum Gasteiger partial charge on any atom is 0.246 e. The van der Waals surface area contributed by atoms with Crippen molar-refractivity contribution in [1.82, 2.24) is 24.8 Å². The number of H-pyrrole nitrogens is 1. The van der Waals surface area contributed by atoms with Crippen molar-refractivity contribution in [3.05, 3.63) is 59.5 Å². The number of amides is 1. The molecule has 1 atom stereocenters. The zero-order valence-corrected chi connectivity index (χ0v) is 20.0. The number of anilines is 1. The van der Waals surface area contributed by atoms with E-state index in [0.29, 0.717) is 29.5 Å². The first kappa shape index (κ1) is 23.6. The van der Waals surface area contributed by atoms with Crippen molar-refractivity contribution in [2.24, 2.45) is 0 Å². The van der Waals surface area contributed by atoms with Crippen LogP contribution in [0.2, 0.25) is 5.02 Å². The number of carbonyl (C=O) groups is 1. The molecule has 9 heteroatoms. The lowest BCUT2D eigenvalue weighted by molar-refractivity contribution is -0.125. The van der Waals surface area contributed by atoms with Gasteiger partial charge in [0.25, 0.3) is 0 Å². The van der Waals surface area contributed by atoms with Gasteiger partial charge in [-0.3, -0.25) is 4.79 Å². The quantitative estimate of drug-likeness (QED) is 0.400. The second-order valence-corrected chi connectivity index (χ2v) is 8.67. The summed E-state index contributed by atoms with van der Waals surface area (Å²) in [5.74, 6) is 7.42. The number of rotatable bonds is 7. The second kappa shape index (κ2) is 11.1. The van der Waals surface area contributed by atoms with Gasteiger partial charge in [0.15, 0.2) is 0 Å². The van der Waals surface area contributed by atoms with E-state index in [1.165, 1.54) is 6.33 Å². The van der Waals surface area contributed by atoms with Gasteiger partial charge in [0.1, 0.15) is 30.1 Å². The molecule has 0 radical (unpaired) electrons. The minimum Gasteiger partial charge on any atom is -0.479 e. The fraction of sp³-hybridized carbons (Fsp3) is 0.320. The van der Waals surface area contributed by atoms with Gasteiger partial charge in [0.2, 0.25) is 5.91 Å². The van der Waals surface area contributed by atoms with E-state index in [1.807, 2.05) is 48.2 Å². The lowest BCUT2D eigenvalue weighted by atomic mass is 10.2. The summed E-state index contributed by atoms with van der Waals surface area (Å²) in [6.45, 7) is 2.30. The maximum absolute atomic E-state index is 12.4. The molecule has 1 aliphatic heterocycles. The molecule has 34 heavy (non-hydrogen) atoms. The van der Waals surface area contributed by atoms with Crippen LogP contribution in [0.4, 0.5) is 5.82 Å². The van der Waals surface area contributed by atoms with Crippen LogP contribution in [0, 0.1) is 11.8 Å². The first-order valence-electron chi connectivity index (χ1n) is 11.1. The minimum absolute atomic E-state index is 0.0391. The summed E-state index contributed by atoms with van der Waals surface area (Å²) in [7, 11) is 3.94. The zero-order chi connectivity index (χ0) is 23.9. The van der Waals surface area contributed by atoms with Gasteiger partial charge in [0.05, 0.1) is 16.1 Å². The molecule has 0 bridgehead atoms. The third-order valence-electron chi connectivity index (χ3n) is 5.36. The molecule has 2 N–H and O–H groups in total. The Morgan fingerprint density at radius 3 is 3.06 bits per heavy atom. The fourth-order valence-corrected chi connectivity index (χ4v) is 3.86. The first-order valence-corrected chi connectivity index (χ1v) is 11.4. The average molecular weight is 479 g/mol. The molecule has 3 aromatic rings. The number of aromatic nitrogens is 3. The Hall–Kier alpha value is -3.54. The molecule has 2 aromatic heterocycles. The number of fused-ring (bicyclic) bond motifs is 1. The Morgan fingerprint density at radius 1 is 1.38 bits per heavy atom. The lowest BCUT2D eigenvalue weighted by Gasteiger charge is -2.16. The van der Waals surface area contributed by atoms with Gasteiger partial charge in [-0.1, -0.05) is 35.7 Å². The Kier molecular flexibility index (Phi) is 7.68. The van der Waals surface area contributed by atoms with Gasteiger partial charge in [-0.2, -0.15) is 0 Å². The van der Waals surface area contributed by atoms with E-state index in [-0.39, 0.29) is 18.6 Å². The average Bonchev–Trinajstić information content (AvgIpc) is 3.45. The highest BCUT2D eigenvalue weighted by Gasteiger charge is 2.25. The van der Waals surface area contributed by atoms with Crippen LogP contribution in [0.25, 0.3) is 11.0 Å². The molecule has 1 unspecified atom stereocenters. The number of hydrogen-bond acceptors (Lipinski definition) is 6. The van der Waals surface area contributed by atoms with Gasteiger partial charge in [0, 0.05) is 31.8 Å². The number of carbonyl (C=O) groups excluding carboxylic acids is 1. The van der Waals surface area contributed by atoms with E-state index >= 15 is 0 Å². The highest BCUT2D eigenvalue weighted by molar-refractivity contribution is 6.32. The third-order valence-corrected chi connectivity index (χ3v) is 5.67. The van der Waals surface area contributed by atoms with Gasteiger partial charge in [-0.25, -0.2) is 9.97 Å². The molecule has 176 valence electrons.